The summed E-state index contributed by atoms with van der Waals surface area (Å²) >= 11 is 0. The van der Waals surface area contributed by atoms with Crippen molar-refractivity contribution in [2.75, 3.05) is 6.61 Å². The topological polar surface area (TPSA) is 67.0 Å². The molecule has 1 amide bonds. The summed E-state index contributed by atoms with van der Waals surface area (Å²) in [4.78, 5) is 18.3. The molecule has 2 N–H and O–H groups in total. The molecular weight excluding hydrogens is 237 g/mol. The Bertz CT molecular complexity index is 497. The lowest BCUT2D eigenvalue weighted by Crippen LogP contribution is -2.28. The van der Waals surface area contributed by atoms with E-state index in [2.05, 4.69) is 15.3 Å². The van der Waals surface area contributed by atoms with Gasteiger partial charge >= 0.3 is 0 Å². The number of halogens is 1. The van der Waals surface area contributed by atoms with E-state index in [4.69, 9.17) is 4.74 Å². The van der Waals surface area contributed by atoms with Gasteiger partial charge in [-0.3, -0.25) is 4.79 Å². The number of nitrogens with zero attached hydrogens (tertiary/aromatic N) is 1. The Labute approximate surface area is 103 Å². The van der Waals surface area contributed by atoms with Crippen molar-refractivity contribution in [3.05, 3.63) is 48.3 Å². The van der Waals surface area contributed by atoms with Crippen molar-refractivity contribution in [2.45, 2.75) is 6.54 Å². The maximum atomic E-state index is 12.6. The van der Waals surface area contributed by atoms with Crippen molar-refractivity contribution in [3.63, 3.8) is 0 Å². The van der Waals surface area contributed by atoms with Crippen LogP contribution in [-0.4, -0.2) is 22.5 Å². The van der Waals surface area contributed by atoms with E-state index in [9.17, 15) is 9.18 Å². The smallest absolute Gasteiger partial charge is 0.258 e. The van der Waals surface area contributed by atoms with Crippen LogP contribution in [0.3, 0.4) is 0 Å². The predicted molar refractivity (Wildman–Crippen MR) is 62.3 cm³/mol. The number of nitrogens with one attached hydrogen (secondary N) is 2. The molecule has 0 fully saturated rings. The number of aromatic nitrogens is 2. The molecule has 0 aliphatic carbocycles. The zero-order valence-corrected chi connectivity index (χ0v) is 9.52. The second-order valence-electron chi connectivity index (χ2n) is 3.56. The number of aromatic amines is 1. The van der Waals surface area contributed by atoms with E-state index in [0.717, 1.165) is 0 Å². The van der Waals surface area contributed by atoms with Gasteiger partial charge in [0.05, 0.1) is 6.54 Å². The Balaban J connectivity index is 1.73. The molecule has 5 nitrogen and oxygen atoms in total. The molecule has 2 aromatic rings. The summed E-state index contributed by atoms with van der Waals surface area (Å²) in [7, 11) is 0. The maximum absolute atomic E-state index is 12.6. The van der Waals surface area contributed by atoms with E-state index in [0.29, 0.717) is 18.1 Å². The fourth-order valence-electron chi connectivity index (χ4n) is 1.31. The van der Waals surface area contributed by atoms with E-state index in [1.807, 2.05) is 0 Å². The fourth-order valence-corrected chi connectivity index (χ4v) is 1.31. The van der Waals surface area contributed by atoms with Crippen LogP contribution in [0, 0.1) is 5.82 Å². The molecule has 0 aliphatic heterocycles. The first-order chi connectivity index (χ1) is 8.74. The molecule has 0 unspecified atom stereocenters. The van der Waals surface area contributed by atoms with Crippen LogP contribution in [0.5, 0.6) is 5.75 Å². The number of ether oxygens (including phenoxy) is 1. The van der Waals surface area contributed by atoms with Gasteiger partial charge in [-0.2, -0.15) is 0 Å². The predicted octanol–water partition coefficient (Wildman–Crippen LogP) is 1.24. The summed E-state index contributed by atoms with van der Waals surface area (Å²) < 4.78 is 17.8. The van der Waals surface area contributed by atoms with Crippen molar-refractivity contribution in [1.82, 2.24) is 15.3 Å². The van der Waals surface area contributed by atoms with Crippen LogP contribution >= 0.6 is 0 Å². The summed E-state index contributed by atoms with van der Waals surface area (Å²) in [6, 6.07) is 5.48. The standard InChI is InChI=1S/C12H12FN3O2/c13-9-1-3-10(4-2-9)18-8-12(17)16-7-11-14-5-6-15-11/h1-6H,7-8H2,(H,14,15)(H,16,17). The van der Waals surface area contributed by atoms with Crippen LogP contribution in [0.4, 0.5) is 4.39 Å². The number of hydrogen-bond donors (Lipinski definition) is 2. The second-order valence-corrected chi connectivity index (χ2v) is 3.56. The van der Waals surface area contributed by atoms with E-state index < -0.39 is 0 Å². The Kier molecular flexibility index (Phi) is 3.90. The normalized spacial score (nSPS) is 10.1. The molecule has 18 heavy (non-hydrogen) atoms. The van der Waals surface area contributed by atoms with Crippen LogP contribution in [0.2, 0.25) is 0 Å². The first-order valence-electron chi connectivity index (χ1n) is 5.37. The Morgan fingerprint density at radius 1 is 1.39 bits per heavy atom. The number of imidazole rings is 1. The number of H-pyrrole nitrogens is 1. The maximum Gasteiger partial charge on any atom is 0.258 e. The minimum absolute atomic E-state index is 0.119. The fraction of sp³-hybridized carbons (Fsp3) is 0.167. The Hall–Kier alpha value is -2.37. The summed E-state index contributed by atoms with van der Waals surface area (Å²) in [6.45, 7) is 0.199. The minimum atomic E-state index is -0.343. The zero-order valence-electron chi connectivity index (χ0n) is 9.52. The van der Waals surface area contributed by atoms with Crippen LogP contribution in [0.1, 0.15) is 5.82 Å². The summed E-state index contributed by atoms with van der Waals surface area (Å²) in [5.74, 6) is 0.509. The van der Waals surface area contributed by atoms with Crippen molar-refractivity contribution in [1.29, 1.82) is 0 Å². The van der Waals surface area contributed by atoms with E-state index in [1.165, 1.54) is 24.3 Å². The number of rotatable bonds is 5. The summed E-state index contributed by atoms with van der Waals surface area (Å²) in [5, 5.41) is 2.63. The quantitative estimate of drug-likeness (QED) is 0.837. The highest BCUT2D eigenvalue weighted by atomic mass is 19.1. The molecule has 1 heterocycles. The highest BCUT2D eigenvalue weighted by Crippen LogP contribution is 2.10. The summed E-state index contributed by atoms with van der Waals surface area (Å²) in [6.07, 6.45) is 3.28. The van der Waals surface area contributed by atoms with Crippen molar-refractivity contribution < 1.29 is 13.9 Å². The van der Waals surface area contributed by atoms with Crippen molar-refractivity contribution in [3.8, 4) is 5.75 Å². The van der Waals surface area contributed by atoms with Crippen LogP contribution < -0.4 is 10.1 Å². The molecule has 1 aromatic heterocycles. The molecule has 1 aromatic carbocycles. The molecule has 0 atom stereocenters. The summed E-state index contributed by atoms with van der Waals surface area (Å²) in [5.41, 5.74) is 0. The number of hydrogen-bond acceptors (Lipinski definition) is 3. The molecule has 94 valence electrons. The van der Waals surface area contributed by atoms with Gasteiger partial charge in [0.1, 0.15) is 17.4 Å². The average molecular weight is 249 g/mol. The number of carbonyl (C=O) groups is 1. The number of carbonyl (C=O) groups excluding carboxylic acids is 1. The lowest BCUT2D eigenvalue weighted by atomic mass is 10.3. The van der Waals surface area contributed by atoms with Crippen LogP contribution in [0.25, 0.3) is 0 Å². The monoisotopic (exact) mass is 249 g/mol. The highest BCUT2D eigenvalue weighted by Gasteiger charge is 2.03. The first kappa shape index (κ1) is 12.1. The van der Waals surface area contributed by atoms with Gasteiger partial charge in [0.25, 0.3) is 5.91 Å². The molecule has 0 saturated heterocycles. The van der Waals surface area contributed by atoms with Gasteiger partial charge in [0.15, 0.2) is 6.61 Å². The lowest BCUT2D eigenvalue weighted by Gasteiger charge is -2.06. The SMILES string of the molecule is O=C(COc1ccc(F)cc1)NCc1ncc[nH]1. The van der Waals surface area contributed by atoms with Crippen LogP contribution in [0.15, 0.2) is 36.7 Å². The van der Waals surface area contributed by atoms with Gasteiger partial charge in [-0.1, -0.05) is 0 Å². The Morgan fingerprint density at radius 2 is 2.17 bits per heavy atom. The van der Waals surface area contributed by atoms with Gasteiger partial charge in [-0.05, 0) is 24.3 Å². The van der Waals surface area contributed by atoms with Gasteiger partial charge in [-0.25, -0.2) is 9.37 Å². The average Bonchev–Trinajstić information content (AvgIpc) is 2.89. The number of benzene rings is 1. The highest BCUT2D eigenvalue weighted by molar-refractivity contribution is 5.77. The third kappa shape index (κ3) is 3.58. The van der Waals surface area contributed by atoms with Gasteiger partial charge in [-0.15, -0.1) is 0 Å². The molecule has 0 spiro atoms. The molecule has 0 bridgehead atoms. The van der Waals surface area contributed by atoms with Gasteiger partial charge in [0.2, 0.25) is 0 Å². The molecule has 6 heteroatoms. The zero-order chi connectivity index (χ0) is 12.8. The Morgan fingerprint density at radius 3 is 2.83 bits per heavy atom. The number of amides is 1. The largest absolute Gasteiger partial charge is 0.484 e. The first-order valence-corrected chi connectivity index (χ1v) is 5.37. The molecule has 2 rings (SSSR count). The molecular formula is C12H12FN3O2. The molecule has 0 aliphatic rings. The third-order valence-corrected chi connectivity index (χ3v) is 2.19. The molecule has 0 saturated carbocycles. The third-order valence-electron chi connectivity index (χ3n) is 2.19. The van der Waals surface area contributed by atoms with E-state index in [1.54, 1.807) is 12.4 Å². The lowest BCUT2D eigenvalue weighted by molar-refractivity contribution is -0.123. The van der Waals surface area contributed by atoms with Gasteiger partial charge < -0.3 is 15.0 Å². The van der Waals surface area contributed by atoms with E-state index >= 15 is 0 Å². The van der Waals surface area contributed by atoms with E-state index in [-0.39, 0.29) is 18.3 Å². The van der Waals surface area contributed by atoms with Crippen molar-refractivity contribution in [2.24, 2.45) is 0 Å². The van der Waals surface area contributed by atoms with Crippen LogP contribution in [-0.2, 0) is 11.3 Å². The second kappa shape index (κ2) is 5.81. The van der Waals surface area contributed by atoms with Gasteiger partial charge in [0, 0.05) is 12.4 Å². The van der Waals surface area contributed by atoms with Crippen molar-refractivity contribution >= 4 is 5.91 Å². The molecule has 0 radical (unpaired) electrons. The minimum Gasteiger partial charge on any atom is -0.484 e.